The molecule has 0 spiro atoms. The third-order valence-electron chi connectivity index (χ3n) is 5.42. The second-order valence-electron chi connectivity index (χ2n) is 7.52. The van der Waals surface area contributed by atoms with Crippen LogP contribution in [0.3, 0.4) is 0 Å². The van der Waals surface area contributed by atoms with Crippen LogP contribution in [-0.4, -0.2) is 40.4 Å². The molecule has 29 heavy (non-hydrogen) atoms. The fourth-order valence-electron chi connectivity index (χ4n) is 3.82. The van der Waals surface area contributed by atoms with Crippen LogP contribution in [0.25, 0.3) is 0 Å². The van der Waals surface area contributed by atoms with Gasteiger partial charge < -0.3 is 15.3 Å². The van der Waals surface area contributed by atoms with Crippen LogP contribution in [0.4, 0.5) is 5.69 Å². The van der Waals surface area contributed by atoms with Crippen LogP contribution in [0, 0.1) is 13.8 Å². The maximum atomic E-state index is 12.9. The molecule has 1 unspecified atom stereocenters. The second-order valence-corrected chi connectivity index (χ2v) is 7.52. The Kier molecular flexibility index (Phi) is 6.32. The van der Waals surface area contributed by atoms with E-state index >= 15 is 0 Å². The third kappa shape index (κ3) is 4.83. The Balaban J connectivity index is 1.73. The number of carboxylic acid groups (broad SMARTS) is 1. The molecule has 1 fully saturated rings. The zero-order valence-electron chi connectivity index (χ0n) is 16.8. The number of nitrogens with zero attached hydrogens (tertiary/aromatic N) is 1. The summed E-state index contributed by atoms with van der Waals surface area (Å²) in [5.41, 5.74) is 4.02. The molecule has 0 saturated carbocycles. The van der Waals surface area contributed by atoms with Crippen molar-refractivity contribution >= 4 is 23.5 Å². The molecule has 2 N–H and O–H groups in total. The van der Waals surface area contributed by atoms with Gasteiger partial charge in [0.1, 0.15) is 6.04 Å². The molecule has 6 heteroatoms. The Hall–Kier alpha value is -3.15. The second kappa shape index (κ2) is 8.90. The maximum Gasteiger partial charge on any atom is 0.326 e. The molecule has 1 aliphatic heterocycles. The predicted octanol–water partition coefficient (Wildman–Crippen LogP) is 3.56. The van der Waals surface area contributed by atoms with Gasteiger partial charge >= 0.3 is 5.97 Å². The lowest BCUT2D eigenvalue weighted by molar-refractivity contribution is -0.143. The van der Waals surface area contributed by atoms with Gasteiger partial charge in [-0.25, -0.2) is 4.79 Å². The topological polar surface area (TPSA) is 86.7 Å². The van der Waals surface area contributed by atoms with Crippen molar-refractivity contribution in [3.8, 4) is 0 Å². The first-order chi connectivity index (χ1) is 13.9. The van der Waals surface area contributed by atoms with Crippen molar-refractivity contribution in [1.29, 1.82) is 0 Å². The Labute approximate surface area is 170 Å². The van der Waals surface area contributed by atoms with Gasteiger partial charge in [-0.05, 0) is 68.0 Å². The van der Waals surface area contributed by atoms with E-state index in [4.69, 9.17) is 0 Å². The van der Waals surface area contributed by atoms with E-state index in [-0.39, 0.29) is 18.2 Å². The molecule has 6 nitrogen and oxygen atoms in total. The zero-order valence-corrected chi connectivity index (χ0v) is 16.8. The van der Waals surface area contributed by atoms with Crippen molar-refractivity contribution < 1.29 is 19.5 Å². The van der Waals surface area contributed by atoms with Gasteiger partial charge in [0, 0.05) is 17.8 Å². The normalized spacial score (nSPS) is 16.3. The van der Waals surface area contributed by atoms with Crippen LogP contribution in [0.5, 0.6) is 0 Å². The number of likely N-dealkylation sites (tertiary alicyclic amines) is 1. The number of rotatable bonds is 5. The number of hydrogen-bond donors (Lipinski definition) is 2. The summed E-state index contributed by atoms with van der Waals surface area (Å²) in [6.45, 7) is 4.39. The van der Waals surface area contributed by atoms with Crippen LogP contribution in [0.2, 0.25) is 0 Å². The molecule has 1 atom stereocenters. The van der Waals surface area contributed by atoms with Crippen molar-refractivity contribution in [2.75, 3.05) is 11.9 Å². The predicted molar refractivity (Wildman–Crippen MR) is 111 cm³/mol. The Bertz CT molecular complexity index is 918. The molecule has 2 amide bonds. The molecule has 1 saturated heterocycles. The van der Waals surface area contributed by atoms with Gasteiger partial charge in [0.2, 0.25) is 5.91 Å². The summed E-state index contributed by atoms with van der Waals surface area (Å²) in [5.74, 6) is -1.45. The average molecular weight is 394 g/mol. The molecule has 2 aromatic carbocycles. The minimum absolute atomic E-state index is 0.159. The lowest BCUT2D eigenvalue weighted by Gasteiger charge is -2.33. The number of aryl methyl sites for hydroxylation is 2. The summed E-state index contributed by atoms with van der Waals surface area (Å²) >= 11 is 0. The Morgan fingerprint density at radius 2 is 1.76 bits per heavy atom. The molecule has 152 valence electrons. The zero-order chi connectivity index (χ0) is 21.0. The summed E-state index contributed by atoms with van der Waals surface area (Å²) in [6.07, 6.45) is 2.31. The molecule has 2 aromatic rings. The number of nitrogens with one attached hydrogen (secondary N) is 1. The number of anilines is 1. The van der Waals surface area contributed by atoms with Gasteiger partial charge in [0.05, 0.1) is 6.42 Å². The number of piperidine rings is 1. The van der Waals surface area contributed by atoms with Crippen LogP contribution in [0.1, 0.15) is 46.3 Å². The van der Waals surface area contributed by atoms with E-state index in [0.29, 0.717) is 24.2 Å². The number of hydrogen-bond acceptors (Lipinski definition) is 3. The summed E-state index contributed by atoms with van der Waals surface area (Å²) < 4.78 is 0. The van der Waals surface area contributed by atoms with Crippen molar-refractivity contribution in [3.05, 3.63) is 64.7 Å². The highest BCUT2D eigenvalue weighted by Gasteiger charge is 2.32. The summed E-state index contributed by atoms with van der Waals surface area (Å²) in [5, 5.41) is 12.3. The first kappa shape index (κ1) is 20.6. The summed E-state index contributed by atoms with van der Waals surface area (Å²) in [4.78, 5) is 38.3. The van der Waals surface area contributed by atoms with Crippen LogP contribution < -0.4 is 5.32 Å². The first-order valence-corrected chi connectivity index (χ1v) is 9.85. The van der Waals surface area contributed by atoms with E-state index in [1.165, 1.54) is 4.90 Å². The lowest BCUT2D eigenvalue weighted by Crippen LogP contribution is -2.48. The fourth-order valence-corrected chi connectivity index (χ4v) is 3.82. The van der Waals surface area contributed by atoms with E-state index in [0.717, 1.165) is 29.5 Å². The van der Waals surface area contributed by atoms with Gasteiger partial charge in [0.15, 0.2) is 0 Å². The monoisotopic (exact) mass is 394 g/mol. The number of carbonyl (C=O) groups excluding carboxylic acids is 2. The molecule has 0 bridgehead atoms. The number of aliphatic carboxylic acids is 1. The van der Waals surface area contributed by atoms with Crippen molar-refractivity contribution in [1.82, 2.24) is 4.90 Å². The third-order valence-corrected chi connectivity index (χ3v) is 5.42. The highest BCUT2D eigenvalue weighted by Crippen LogP contribution is 2.22. The van der Waals surface area contributed by atoms with Crippen molar-refractivity contribution in [2.45, 2.75) is 45.6 Å². The summed E-state index contributed by atoms with van der Waals surface area (Å²) in [6, 6.07) is 11.8. The first-order valence-electron chi connectivity index (χ1n) is 9.85. The standard InChI is InChI=1S/C23H26N2O4/c1-15-7-5-8-16(2)19(15)14-21(26)24-18-10-6-9-17(13-18)22(27)25-12-4-3-11-20(25)23(28)29/h5-10,13,20H,3-4,11-12,14H2,1-2H3,(H,24,26)(H,28,29). The molecule has 0 aromatic heterocycles. The number of benzene rings is 2. The van der Waals surface area contributed by atoms with Gasteiger partial charge in [-0.15, -0.1) is 0 Å². The number of amides is 2. The average Bonchev–Trinajstić information content (AvgIpc) is 2.70. The largest absolute Gasteiger partial charge is 0.480 e. The molecule has 0 aliphatic carbocycles. The Morgan fingerprint density at radius 3 is 2.45 bits per heavy atom. The van der Waals surface area contributed by atoms with E-state index in [9.17, 15) is 19.5 Å². The molecular formula is C23H26N2O4. The lowest BCUT2D eigenvalue weighted by atomic mass is 9.99. The van der Waals surface area contributed by atoms with E-state index in [2.05, 4.69) is 5.32 Å². The molecule has 0 radical (unpaired) electrons. The SMILES string of the molecule is Cc1cccc(C)c1CC(=O)Nc1cccc(C(=O)N2CCCCC2C(=O)O)c1. The van der Waals surface area contributed by atoms with Crippen molar-refractivity contribution in [3.63, 3.8) is 0 Å². The van der Waals surface area contributed by atoms with Crippen LogP contribution in [0.15, 0.2) is 42.5 Å². The minimum Gasteiger partial charge on any atom is -0.480 e. The Morgan fingerprint density at radius 1 is 1.07 bits per heavy atom. The highest BCUT2D eigenvalue weighted by atomic mass is 16.4. The van der Waals surface area contributed by atoms with E-state index < -0.39 is 12.0 Å². The fraction of sp³-hybridized carbons (Fsp3) is 0.348. The van der Waals surface area contributed by atoms with E-state index in [1.54, 1.807) is 24.3 Å². The quantitative estimate of drug-likeness (QED) is 0.812. The van der Waals surface area contributed by atoms with Crippen LogP contribution >= 0.6 is 0 Å². The molecule has 1 aliphatic rings. The van der Waals surface area contributed by atoms with Crippen LogP contribution in [-0.2, 0) is 16.0 Å². The smallest absolute Gasteiger partial charge is 0.326 e. The van der Waals surface area contributed by atoms with E-state index in [1.807, 2.05) is 32.0 Å². The van der Waals surface area contributed by atoms with Gasteiger partial charge in [-0.2, -0.15) is 0 Å². The number of carbonyl (C=O) groups is 3. The van der Waals surface area contributed by atoms with Crippen molar-refractivity contribution in [2.24, 2.45) is 0 Å². The molecular weight excluding hydrogens is 368 g/mol. The van der Waals surface area contributed by atoms with Gasteiger partial charge in [-0.1, -0.05) is 24.3 Å². The highest BCUT2D eigenvalue weighted by molar-refractivity contribution is 5.99. The molecule has 3 rings (SSSR count). The number of carboxylic acids is 1. The summed E-state index contributed by atoms with van der Waals surface area (Å²) in [7, 11) is 0. The van der Waals surface area contributed by atoms with Gasteiger partial charge in [0.25, 0.3) is 5.91 Å². The minimum atomic E-state index is -0.976. The van der Waals surface area contributed by atoms with Gasteiger partial charge in [-0.3, -0.25) is 9.59 Å². The molecule has 1 heterocycles. The maximum absolute atomic E-state index is 12.9.